The normalized spacial score (nSPS) is 28.2. The number of nitrogens with two attached hydrogens (primary N) is 1. The SMILES string of the molecule is CCn1nccc1[C@H]1CC[C@@H](N)C1. The molecule has 3 nitrogen and oxygen atoms in total. The first kappa shape index (κ1) is 8.75. The van der Waals surface area contributed by atoms with Crippen LogP contribution in [-0.2, 0) is 6.54 Å². The molecule has 2 N–H and O–H groups in total. The van der Waals surface area contributed by atoms with Crippen molar-refractivity contribution in [3.8, 4) is 0 Å². The molecule has 1 aromatic rings. The molecule has 0 radical (unpaired) electrons. The maximum absolute atomic E-state index is 5.89. The molecule has 1 aliphatic rings. The molecular formula is C10H17N3. The molecule has 0 aromatic carbocycles. The van der Waals surface area contributed by atoms with Gasteiger partial charge in [-0.25, -0.2) is 0 Å². The van der Waals surface area contributed by atoms with E-state index in [1.165, 1.54) is 18.5 Å². The van der Waals surface area contributed by atoms with Crippen molar-refractivity contribution in [3.63, 3.8) is 0 Å². The Hall–Kier alpha value is -0.830. The molecule has 1 fully saturated rings. The molecule has 2 atom stereocenters. The van der Waals surface area contributed by atoms with E-state index in [0.29, 0.717) is 12.0 Å². The van der Waals surface area contributed by atoms with E-state index in [9.17, 15) is 0 Å². The molecule has 1 heterocycles. The van der Waals surface area contributed by atoms with Gasteiger partial charge >= 0.3 is 0 Å². The van der Waals surface area contributed by atoms with Crippen LogP contribution in [0.2, 0.25) is 0 Å². The number of nitrogens with zero attached hydrogens (tertiary/aromatic N) is 2. The zero-order valence-corrected chi connectivity index (χ0v) is 8.11. The van der Waals surface area contributed by atoms with E-state index < -0.39 is 0 Å². The maximum atomic E-state index is 5.89. The second-order valence-corrected chi connectivity index (χ2v) is 3.84. The number of hydrogen-bond donors (Lipinski definition) is 1. The monoisotopic (exact) mass is 179 g/mol. The third kappa shape index (κ3) is 1.61. The van der Waals surface area contributed by atoms with E-state index in [1.54, 1.807) is 0 Å². The molecule has 3 heteroatoms. The topological polar surface area (TPSA) is 43.8 Å². The van der Waals surface area contributed by atoms with Crippen LogP contribution < -0.4 is 5.73 Å². The second-order valence-electron chi connectivity index (χ2n) is 3.84. The number of hydrogen-bond acceptors (Lipinski definition) is 2. The Morgan fingerprint density at radius 2 is 2.46 bits per heavy atom. The van der Waals surface area contributed by atoms with Crippen LogP contribution in [0.25, 0.3) is 0 Å². The highest BCUT2D eigenvalue weighted by Gasteiger charge is 2.25. The van der Waals surface area contributed by atoms with Crippen LogP contribution in [0.3, 0.4) is 0 Å². The van der Waals surface area contributed by atoms with Crippen molar-refractivity contribution >= 4 is 0 Å². The lowest BCUT2D eigenvalue weighted by molar-refractivity contribution is 0.563. The fourth-order valence-electron chi connectivity index (χ4n) is 2.24. The highest BCUT2D eigenvalue weighted by atomic mass is 15.3. The molecule has 0 saturated heterocycles. The minimum Gasteiger partial charge on any atom is -0.328 e. The number of aryl methyl sites for hydroxylation is 1. The molecule has 2 rings (SSSR count). The van der Waals surface area contributed by atoms with Crippen molar-refractivity contribution in [2.75, 3.05) is 0 Å². The average molecular weight is 179 g/mol. The van der Waals surface area contributed by atoms with E-state index in [-0.39, 0.29) is 0 Å². The van der Waals surface area contributed by atoms with Crippen LogP contribution in [0, 0.1) is 0 Å². The van der Waals surface area contributed by atoms with Crippen LogP contribution in [0.15, 0.2) is 12.3 Å². The van der Waals surface area contributed by atoms with Gasteiger partial charge in [-0.2, -0.15) is 5.10 Å². The average Bonchev–Trinajstić information content (AvgIpc) is 2.71. The fraction of sp³-hybridized carbons (Fsp3) is 0.700. The van der Waals surface area contributed by atoms with Gasteiger partial charge in [-0.05, 0) is 32.3 Å². The zero-order chi connectivity index (χ0) is 9.26. The summed E-state index contributed by atoms with van der Waals surface area (Å²) in [5, 5.41) is 4.28. The van der Waals surface area contributed by atoms with E-state index in [1.807, 2.05) is 6.20 Å². The van der Waals surface area contributed by atoms with Crippen molar-refractivity contribution < 1.29 is 0 Å². The maximum Gasteiger partial charge on any atom is 0.0492 e. The molecule has 72 valence electrons. The summed E-state index contributed by atoms with van der Waals surface area (Å²) in [5.74, 6) is 0.650. The van der Waals surface area contributed by atoms with Crippen molar-refractivity contribution in [2.45, 2.75) is 44.7 Å². The predicted octanol–water partition coefficient (Wildman–Crippen LogP) is 1.50. The van der Waals surface area contributed by atoms with Crippen LogP contribution in [0.4, 0.5) is 0 Å². The van der Waals surface area contributed by atoms with Crippen molar-refractivity contribution in [1.29, 1.82) is 0 Å². The molecular weight excluding hydrogens is 162 g/mol. The zero-order valence-electron chi connectivity index (χ0n) is 8.11. The van der Waals surface area contributed by atoms with Gasteiger partial charge in [0.05, 0.1) is 0 Å². The van der Waals surface area contributed by atoms with Gasteiger partial charge in [-0.15, -0.1) is 0 Å². The summed E-state index contributed by atoms with van der Waals surface area (Å²) in [5.41, 5.74) is 7.26. The summed E-state index contributed by atoms with van der Waals surface area (Å²) in [6.45, 7) is 3.10. The van der Waals surface area contributed by atoms with Gasteiger partial charge in [0, 0.05) is 30.4 Å². The van der Waals surface area contributed by atoms with E-state index in [4.69, 9.17) is 5.73 Å². The first-order valence-corrected chi connectivity index (χ1v) is 5.08. The van der Waals surface area contributed by atoms with Crippen LogP contribution in [-0.4, -0.2) is 15.8 Å². The van der Waals surface area contributed by atoms with Gasteiger partial charge < -0.3 is 5.73 Å². The number of rotatable bonds is 2. The molecule has 0 amide bonds. The molecule has 1 saturated carbocycles. The van der Waals surface area contributed by atoms with Crippen LogP contribution >= 0.6 is 0 Å². The van der Waals surface area contributed by atoms with Crippen molar-refractivity contribution in [1.82, 2.24) is 9.78 Å². The Balaban J connectivity index is 2.16. The highest BCUT2D eigenvalue weighted by Crippen LogP contribution is 2.33. The Morgan fingerprint density at radius 3 is 3.08 bits per heavy atom. The van der Waals surface area contributed by atoms with E-state index in [2.05, 4.69) is 22.8 Å². The molecule has 0 bridgehead atoms. The van der Waals surface area contributed by atoms with Gasteiger partial charge in [-0.3, -0.25) is 4.68 Å². The second kappa shape index (κ2) is 3.50. The Kier molecular flexibility index (Phi) is 2.36. The van der Waals surface area contributed by atoms with Gasteiger partial charge in [0.25, 0.3) is 0 Å². The molecule has 13 heavy (non-hydrogen) atoms. The highest BCUT2D eigenvalue weighted by molar-refractivity contribution is 5.10. The lowest BCUT2D eigenvalue weighted by Gasteiger charge is -2.11. The lowest BCUT2D eigenvalue weighted by atomic mass is 10.0. The van der Waals surface area contributed by atoms with Gasteiger partial charge in [0.2, 0.25) is 0 Å². The Morgan fingerprint density at radius 1 is 1.62 bits per heavy atom. The number of aromatic nitrogens is 2. The summed E-state index contributed by atoms with van der Waals surface area (Å²) >= 11 is 0. The minimum absolute atomic E-state index is 0.408. The largest absolute Gasteiger partial charge is 0.328 e. The van der Waals surface area contributed by atoms with Gasteiger partial charge in [-0.1, -0.05) is 0 Å². The lowest BCUT2D eigenvalue weighted by Crippen LogP contribution is -2.15. The third-order valence-corrected chi connectivity index (χ3v) is 2.94. The summed E-state index contributed by atoms with van der Waals surface area (Å²) in [6, 6.07) is 2.54. The van der Waals surface area contributed by atoms with E-state index in [0.717, 1.165) is 13.0 Å². The molecule has 1 aliphatic carbocycles. The smallest absolute Gasteiger partial charge is 0.0492 e. The minimum atomic E-state index is 0.408. The summed E-state index contributed by atoms with van der Waals surface area (Å²) < 4.78 is 2.09. The van der Waals surface area contributed by atoms with Crippen molar-refractivity contribution in [3.05, 3.63) is 18.0 Å². The van der Waals surface area contributed by atoms with Crippen LogP contribution in [0.1, 0.15) is 37.8 Å². The fourth-order valence-corrected chi connectivity index (χ4v) is 2.24. The Bertz CT molecular complexity index is 279. The van der Waals surface area contributed by atoms with E-state index >= 15 is 0 Å². The molecule has 0 aliphatic heterocycles. The first-order chi connectivity index (χ1) is 6.31. The molecule has 0 spiro atoms. The van der Waals surface area contributed by atoms with Crippen LogP contribution in [0.5, 0.6) is 0 Å². The first-order valence-electron chi connectivity index (χ1n) is 5.08. The third-order valence-electron chi connectivity index (χ3n) is 2.94. The van der Waals surface area contributed by atoms with Gasteiger partial charge in [0.15, 0.2) is 0 Å². The molecule has 0 unspecified atom stereocenters. The molecule has 1 aromatic heterocycles. The van der Waals surface area contributed by atoms with Gasteiger partial charge in [0.1, 0.15) is 0 Å². The Labute approximate surface area is 78.9 Å². The standard InChI is InChI=1S/C10H17N3/c1-2-13-10(5-6-12-13)8-3-4-9(11)7-8/h5-6,8-9H,2-4,7,11H2,1H3/t8-,9+/m0/s1. The van der Waals surface area contributed by atoms with Crippen molar-refractivity contribution in [2.24, 2.45) is 5.73 Å². The summed E-state index contributed by atoms with van der Waals surface area (Å²) in [7, 11) is 0. The summed E-state index contributed by atoms with van der Waals surface area (Å²) in [4.78, 5) is 0. The quantitative estimate of drug-likeness (QED) is 0.747. The predicted molar refractivity (Wildman–Crippen MR) is 52.5 cm³/mol. The summed E-state index contributed by atoms with van der Waals surface area (Å²) in [6.07, 6.45) is 5.42.